The zero-order valence-corrected chi connectivity index (χ0v) is 18.2. The number of halogens is 1. The first-order valence-electron chi connectivity index (χ1n) is 8.10. The molecule has 2 aromatic rings. The number of nitrogens with zero attached hydrogens (tertiary/aromatic N) is 2. The number of rotatable bonds is 10. The molecule has 150 valence electrons. The van der Waals surface area contributed by atoms with Crippen molar-refractivity contribution in [2.24, 2.45) is 10.8 Å². The predicted octanol–water partition coefficient (Wildman–Crippen LogP) is 2.17. The summed E-state index contributed by atoms with van der Waals surface area (Å²) < 4.78 is 16.3. The molecule has 1 aromatic heterocycles. The van der Waals surface area contributed by atoms with Gasteiger partial charge in [-0.25, -0.2) is 4.98 Å². The number of ether oxygens (including phenoxy) is 3. The number of nitrogens with two attached hydrogens (primary N) is 1. The number of hydrogen-bond donors (Lipinski definition) is 2. The SMILES string of the molecule is CCOC(=O)Cc1csc(NN=Cc2cc(I)c(OCC(N)=O)c(OC)c2)n1. The van der Waals surface area contributed by atoms with Gasteiger partial charge in [-0.15, -0.1) is 11.3 Å². The summed E-state index contributed by atoms with van der Waals surface area (Å²) in [6.45, 7) is 1.86. The number of anilines is 1. The molecule has 0 saturated heterocycles. The zero-order valence-electron chi connectivity index (χ0n) is 15.2. The molecule has 1 amide bonds. The Bertz CT molecular complexity index is 871. The second-order valence-electron chi connectivity index (χ2n) is 5.28. The summed E-state index contributed by atoms with van der Waals surface area (Å²) in [7, 11) is 1.50. The van der Waals surface area contributed by atoms with E-state index in [1.54, 1.807) is 24.6 Å². The Kier molecular flexibility index (Phi) is 8.44. The third-order valence-electron chi connectivity index (χ3n) is 3.17. The number of hydrazone groups is 1. The van der Waals surface area contributed by atoms with Gasteiger partial charge in [0.1, 0.15) is 0 Å². The van der Waals surface area contributed by atoms with Crippen molar-refractivity contribution in [3.63, 3.8) is 0 Å². The van der Waals surface area contributed by atoms with E-state index in [9.17, 15) is 9.59 Å². The highest BCUT2D eigenvalue weighted by Gasteiger charge is 2.12. The molecule has 2 rings (SSSR count). The Labute approximate surface area is 179 Å². The molecule has 0 unspecified atom stereocenters. The number of thiazole rings is 1. The molecule has 28 heavy (non-hydrogen) atoms. The second kappa shape index (κ2) is 10.8. The van der Waals surface area contributed by atoms with Crippen LogP contribution in [0.1, 0.15) is 18.2 Å². The largest absolute Gasteiger partial charge is 0.493 e. The summed E-state index contributed by atoms with van der Waals surface area (Å²) in [5, 5.41) is 6.47. The molecule has 9 nitrogen and oxygen atoms in total. The van der Waals surface area contributed by atoms with E-state index in [1.165, 1.54) is 18.4 Å². The Hall–Kier alpha value is -2.41. The third kappa shape index (κ3) is 6.64. The normalized spacial score (nSPS) is 10.7. The number of nitrogens with one attached hydrogen (secondary N) is 1. The van der Waals surface area contributed by atoms with Crippen LogP contribution in [0.15, 0.2) is 22.6 Å². The number of esters is 1. The van der Waals surface area contributed by atoms with Crippen LogP contribution < -0.4 is 20.6 Å². The van der Waals surface area contributed by atoms with E-state index in [2.05, 4.69) is 38.1 Å². The number of methoxy groups -OCH3 is 1. The molecular weight excluding hydrogens is 499 g/mol. The number of benzene rings is 1. The first kappa shape index (κ1) is 21.9. The maximum absolute atomic E-state index is 11.5. The first-order chi connectivity index (χ1) is 13.4. The topological polar surface area (TPSA) is 125 Å². The number of primary amides is 1. The summed E-state index contributed by atoms with van der Waals surface area (Å²) in [5.74, 6) is 0.0118. The molecule has 1 heterocycles. The van der Waals surface area contributed by atoms with Crippen molar-refractivity contribution in [1.82, 2.24) is 4.98 Å². The fraction of sp³-hybridized carbons (Fsp3) is 0.294. The maximum atomic E-state index is 11.5. The Morgan fingerprint density at radius 1 is 1.43 bits per heavy atom. The van der Waals surface area contributed by atoms with Crippen LogP contribution >= 0.6 is 33.9 Å². The minimum atomic E-state index is -0.571. The molecule has 3 N–H and O–H groups in total. The summed E-state index contributed by atoms with van der Waals surface area (Å²) in [4.78, 5) is 26.7. The molecule has 0 saturated carbocycles. The molecule has 0 bridgehead atoms. The van der Waals surface area contributed by atoms with Gasteiger partial charge < -0.3 is 19.9 Å². The van der Waals surface area contributed by atoms with Gasteiger partial charge >= 0.3 is 5.97 Å². The molecule has 0 spiro atoms. The third-order valence-corrected chi connectivity index (χ3v) is 4.76. The molecule has 0 atom stereocenters. The summed E-state index contributed by atoms with van der Waals surface area (Å²) in [6, 6.07) is 3.54. The Morgan fingerprint density at radius 3 is 2.89 bits per heavy atom. The quantitative estimate of drug-likeness (QED) is 0.214. The first-order valence-corrected chi connectivity index (χ1v) is 10.1. The van der Waals surface area contributed by atoms with Crippen molar-refractivity contribution < 1.29 is 23.8 Å². The fourth-order valence-electron chi connectivity index (χ4n) is 2.06. The van der Waals surface area contributed by atoms with Crippen molar-refractivity contribution in [3.8, 4) is 11.5 Å². The number of carbonyl (C=O) groups excluding carboxylic acids is 2. The average molecular weight is 518 g/mol. The molecule has 11 heteroatoms. The highest BCUT2D eigenvalue weighted by atomic mass is 127. The van der Waals surface area contributed by atoms with Crippen molar-refractivity contribution in [2.75, 3.05) is 25.7 Å². The van der Waals surface area contributed by atoms with Crippen LogP contribution in [-0.4, -0.2) is 43.4 Å². The van der Waals surface area contributed by atoms with Gasteiger partial charge in [-0.2, -0.15) is 5.10 Å². The maximum Gasteiger partial charge on any atom is 0.311 e. The minimum absolute atomic E-state index is 0.123. The van der Waals surface area contributed by atoms with E-state index in [4.69, 9.17) is 19.9 Å². The lowest BCUT2D eigenvalue weighted by molar-refractivity contribution is -0.142. The van der Waals surface area contributed by atoms with E-state index in [-0.39, 0.29) is 19.0 Å². The molecule has 0 fully saturated rings. The van der Waals surface area contributed by atoms with Gasteiger partial charge in [0.25, 0.3) is 5.91 Å². The lowest BCUT2D eigenvalue weighted by Crippen LogP contribution is -2.20. The van der Waals surface area contributed by atoms with E-state index in [1.807, 2.05) is 6.07 Å². The standard InChI is InChI=1S/C17H19IN4O5S/c1-3-26-15(24)6-11-9-28-17(21-11)22-20-7-10-4-12(18)16(13(5-10)25-2)27-8-14(19)23/h4-5,7,9H,3,6,8H2,1-2H3,(H2,19,23)(H,21,22). The fourth-order valence-corrected chi connectivity index (χ4v) is 3.50. The molecule has 1 aromatic carbocycles. The summed E-state index contributed by atoms with van der Waals surface area (Å²) in [5.41, 5.74) is 9.30. The number of aromatic nitrogens is 1. The van der Waals surface area contributed by atoms with E-state index in [0.29, 0.717) is 28.9 Å². The molecule has 0 aliphatic heterocycles. The van der Waals surface area contributed by atoms with Gasteiger partial charge in [0.2, 0.25) is 5.13 Å². The summed E-state index contributed by atoms with van der Waals surface area (Å²) in [6.07, 6.45) is 1.72. The van der Waals surface area contributed by atoms with Crippen molar-refractivity contribution >= 4 is 57.2 Å². The van der Waals surface area contributed by atoms with Crippen LogP contribution in [0.5, 0.6) is 11.5 Å². The highest BCUT2D eigenvalue weighted by molar-refractivity contribution is 14.1. The smallest absolute Gasteiger partial charge is 0.311 e. The van der Waals surface area contributed by atoms with Gasteiger partial charge in [0, 0.05) is 5.38 Å². The van der Waals surface area contributed by atoms with Crippen molar-refractivity contribution in [1.29, 1.82) is 0 Å². The van der Waals surface area contributed by atoms with Gasteiger partial charge in [-0.05, 0) is 47.2 Å². The number of hydrogen-bond acceptors (Lipinski definition) is 9. The van der Waals surface area contributed by atoms with Crippen LogP contribution in [0.25, 0.3) is 0 Å². The molecular formula is C17H19IN4O5S. The summed E-state index contributed by atoms with van der Waals surface area (Å²) >= 11 is 3.41. The zero-order chi connectivity index (χ0) is 20.5. The number of carbonyl (C=O) groups is 2. The van der Waals surface area contributed by atoms with Crippen molar-refractivity contribution in [2.45, 2.75) is 13.3 Å². The van der Waals surface area contributed by atoms with Crippen LogP contribution in [-0.2, 0) is 20.7 Å². The highest BCUT2D eigenvalue weighted by Crippen LogP contribution is 2.33. The van der Waals surface area contributed by atoms with Crippen molar-refractivity contribution in [3.05, 3.63) is 32.3 Å². The minimum Gasteiger partial charge on any atom is -0.493 e. The van der Waals surface area contributed by atoms with Gasteiger partial charge in [0.15, 0.2) is 18.1 Å². The van der Waals surface area contributed by atoms with Crippen LogP contribution in [0.2, 0.25) is 0 Å². The second-order valence-corrected chi connectivity index (χ2v) is 7.31. The monoisotopic (exact) mass is 518 g/mol. The van der Waals surface area contributed by atoms with E-state index < -0.39 is 5.91 Å². The lowest BCUT2D eigenvalue weighted by atomic mass is 10.2. The number of amides is 1. The average Bonchev–Trinajstić information content (AvgIpc) is 3.07. The van der Waals surface area contributed by atoms with Crippen LogP contribution in [0.4, 0.5) is 5.13 Å². The van der Waals surface area contributed by atoms with Gasteiger partial charge in [-0.1, -0.05) is 0 Å². The van der Waals surface area contributed by atoms with E-state index in [0.717, 1.165) is 9.13 Å². The van der Waals surface area contributed by atoms with Crippen LogP contribution in [0.3, 0.4) is 0 Å². The van der Waals surface area contributed by atoms with Gasteiger partial charge in [0.05, 0.1) is 35.6 Å². The predicted molar refractivity (Wildman–Crippen MR) is 114 cm³/mol. The Morgan fingerprint density at radius 2 is 2.21 bits per heavy atom. The molecule has 0 aliphatic carbocycles. The Balaban J connectivity index is 2.02. The lowest BCUT2D eigenvalue weighted by Gasteiger charge is -2.12. The molecule has 0 radical (unpaired) electrons. The van der Waals surface area contributed by atoms with E-state index >= 15 is 0 Å². The molecule has 0 aliphatic rings. The van der Waals surface area contributed by atoms with Crippen LogP contribution in [0, 0.1) is 3.57 Å². The van der Waals surface area contributed by atoms with Gasteiger partial charge in [-0.3, -0.25) is 15.0 Å².